The number of rotatable bonds is 6. The molecule has 1 unspecified atom stereocenters. The van der Waals surface area contributed by atoms with Gasteiger partial charge in [0.2, 0.25) is 5.13 Å². The summed E-state index contributed by atoms with van der Waals surface area (Å²) < 4.78 is 10.4. The molecule has 140 valence electrons. The second-order valence-electron chi connectivity index (χ2n) is 5.72. The maximum Gasteiger partial charge on any atom is 0.325 e. The molecule has 8 heteroatoms. The zero-order chi connectivity index (χ0) is 19.2. The van der Waals surface area contributed by atoms with Gasteiger partial charge in [0.15, 0.2) is 0 Å². The van der Waals surface area contributed by atoms with Crippen molar-refractivity contribution in [3.8, 4) is 11.5 Å². The van der Waals surface area contributed by atoms with Gasteiger partial charge in [-0.15, -0.1) is 10.2 Å². The van der Waals surface area contributed by atoms with Gasteiger partial charge in [-0.25, -0.2) is 4.79 Å². The molecule has 2 aromatic carbocycles. The molecule has 0 bridgehead atoms. The van der Waals surface area contributed by atoms with Crippen LogP contribution in [0.3, 0.4) is 0 Å². The lowest BCUT2D eigenvalue weighted by Crippen LogP contribution is -2.19. The highest BCUT2D eigenvalue weighted by Crippen LogP contribution is 2.30. The minimum absolute atomic E-state index is 0.0980. The van der Waals surface area contributed by atoms with Gasteiger partial charge in [-0.3, -0.25) is 5.32 Å². The van der Waals surface area contributed by atoms with Crippen molar-refractivity contribution in [3.05, 3.63) is 59.1 Å². The van der Waals surface area contributed by atoms with E-state index >= 15 is 0 Å². The Morgan fingerprint density at radius 1 is 1.04 bits per heavy atom. The zero-order valence-corrected chi connectivity index (χ0v) is 16.0. The molecule has 0 fully saturated rings. The maximum atomic E-state index is 12.3. The number of hydrogen-bond acceptors (Lipinski definition) is 6. The van der Waals surface area contributed by atoms with Gasteiger partial charge in [-0.2, -0.15) is 0 Å². The summed E-state index contributed by atoms with van der Waals surface area (Å²) >= 11 is 1.34. The fourth-order valence-corrected chi connectivity index (χ4v) is 3.32. The number of ether oxygens (including phenoxy) is 2. The van der Waals surface area contributed by atoms with E-state index < -0.39 is 6.03 Å². The molecule has 2 N–H and O–H groups in total. The lowest BCUT2D eigenvalue weighted by Gasteiger charge is -2.11. The second kappa shape index (κ2) is 8.50. The molecule has 0 spiro atoms. The third kappa shape index (κ3) is 4.53. The summed E-state index contributed by atoms with van der Waals surface area (Å²) in [5, 5.41) is 15.0. The Labute approximate surface area is 161 Å². The van der Waals surface area contributed by atoms with Crippen molar-refractivity contribution in [2.45, 2.75) is 12.8 Å². The van der Waals surface area contributed by atoms with Crippen LogP contribution in [0.4, 0.5) is 15.6 Å². The standard InChI is InChI=1S/C19H20N4O3S/c1-12(13-7-5-4-6-8-13)17-22-23-19(27-17)21-18(24)20-15-11-14(25-2)9-10-16(15)26-3/h4-12H,1-3H3,(H2,20,21,23,24). The zero-order valence-electron chi connectivity index (χ0n) is 15.2. The van der Waals surface area contributed by atoms with Crippen LogP contribution in [0.2, 0.25) is 0 Å². The van der Waals surface area contributed by atoms with E-state index in [1.165, 1.54) is 18.4 Å². The van der Waals surface area contributed by atoms with Gasteiger partial charge in [-0.1, -0.05) is 48.6 Å². The predicted molar refractivity (Wildman–Crippen MR) is 106 cm³/mol. The van der Waals surface area contributed by atoms with Crippen molar-refractivity contribution in [3.63, 3.8) is 0 Å². The van der Waals surface area contributed by atoms with E-state index in [-0.39, 0.29) is 5.92 Å². The van der Waals surface area contributed by atoms with E-state index in [1.807, 2.05) is 30.3 Å². The number of carbonyl (C=O) groups is 1. The maximum absolute atomic E-state index is 12.3. The van der Waals surface area contributed by atoms with Crippen molar-refractivity contribution >= 4 is 28.2 Å². The summed E-state index contributed by atoms with van der Waals surface area (Å²) in [6.45, 7) is 2.06. The van der Waals surface area contributed by atoms with E-state index in [9.17, 15) is 4.79 Å². The highest BCUT2D eigenvalue weighted by Gasteiger charge is 2.16. The smallest absolute Gasteiger partial charge is 0.325 e. The number of benzene rings is 2. The normalized spacial score (nSPS) is 11.5. The Morgan fingerprint density at radius 2 is 1.81 bits per heavy atom. The number of carbonyl (C=O) groups excluding carboxylic acids is 1. The lowest BCUT2D eigenvalue weighted by molar-refractivity contribution is 0.262. The molecule has 3 aromatic rings. The monoisotopic (exact) mass is 384 g/mol. The molecule has 7 nitrogen and oxygen atoms in total. The molecule has 0 radical (unpaired) electrons. The largest absolute Gasteiger partial charge is 0.497 e. The summed E-state index contributed by atoms with van der Waals surface area (Å²) in [5.41, 5.74) is 1.64. The average molecular weight is 384 g/mol. The predicted octanol–water partition coefficient (Wildman–Crippen LogP) is 4.35. The van der Waals surface area contributed by atoms with Crippen LogP contribution in [0.5, 0.6) is 11.5 Å². The van der Waals surface area contributed by atoms with Gasteiger partial charge in [-0.05, 0) is 17.7 Å². The van der Waals surface area contributed by atoms with E-state index in [0.717, 1.165) is 10.6 Å². The Balaban J connectivity index is 1.68. The number of nitrogens with zero attached hydrogens (tertiary/aromatic N) is 2. The fraction of sp³-hybridized carbons (Fsp3) is 0.211. The Bertz CT molecular complexity index is 914. The number of hydrogen-bond donors (Lipinski definition) is 2. The number of nitrogens with one attached hydrogen (secondary N) is 2. The van der Waals surface area contributed by atoms with E-state index in [1.54, 1.807) is 25.3 Å². The minimum atomic E-state index is -0.434. The van der Waals surface area contributed by atoms with Gasteiger partial charge in [0.25, 0.3) is 0 Å². The van der Waals surface area contributed by atoms with Crippen molar-refractivity contribution in [1.29, 1.82) is 0 Å². The van der Waals surface area contributed by atoms with Crippen LogP contribution in [0.1, 0.15) is 23.4 Å². The van der Waals surface area contributed by atoms with E-state index in [4.69, 9.17) is 9.47 Å². The Kier molecular flexibility index (Phi) is 5.87. The van der Waals surface area contributed by atoms with Crippen molar-refractivity contribution < 1.29 is 14.3 Å². The molecular formula is C19H20N4O3S. The topological polar surface area (TPSA) is 85.4 Å². The van der Waals surface area contributed by atoms with Crippen LogP contribution in [0.15, 0.2) is 48.5 Å². The van der Waals surface area contributed by atoms with Gasteiger partial charge in [0.05, 0.1) is 19.9 Å². The molecule has 27 heavy (non-hydrogen) atoms. The molecule has 1 atom stereocenters. The third-order valence-corrected chi connectivity index (χ3v) is 5.01. The SMILES string of the molecule is COc1ccc(OC)c(NC(=O)Nc2nnc(C(C)c3ccccc3)s2)c1. The molecule has 0 aliphatic carbocycles. The molecule has 0 aliphatic rings. The van der Waals surface area contributed by atoms with E-state index in [0.29, 0.717) is 22.3 Å². The van der Waals surface area contributed by atoms with Crippen LogP contribution in [0, 0.1) is 0 Å². The number of anilines is 2. The van der Waals surface area contributed by atoms with Crippen LogP contribution in [-0.2, 0) is 0 Å². The number of urea groups is 1. The van der Waals surface area contributed by atoms with Crippen molar-refractivity contribution in [2.24, 2.45) is 0 Å². The van der Waals surface area contributed by atoms with Crippen molar-refractivity contribution in [2.75, 3.05) is 24.9 Å². The first kappa shape index (κ1) is 18.7. The molecule has 3 rings (SSSR count). The summed E-state index contributed by atoms with van der Waals surface area (Å²) in [5.74, 6) is 1.24. The highest BCUT2D eigenvalue weighted by atomic mass is 32.1. The molecule has 2 amide bonds. The summed E-state index contributed by atoms with van der Waals surface area (Å²) in [7, 11) is 3.09. The molecule has 0 aliphatic heterocycles. The molecule has 1 heterocycles. The second-order valence-corrected chi connectivity index (χ2v) is 6.73. The summed E-state index contributed by atoms with van der Waals surface area (Å²) in [4.78, 5) is 12.3. The number of amides is 2. The first-order chi connectivity index (χ1) is 13.1. The molecule has 1 aromatic heterocycles. The lowest BCUT2D eigenvalue weighted by atomic mass is 10.0. The molecular weight excluding hydrogens is 364 g/mol. The van der Waals surface area contributed by atoms with Gasteiger partial charge in [0.1, 0.15) is 16.5 Å². The highest BCUT2D eigenvalue weighted by molar-refractivity contribution is 7.15. The fourth-order valence-electron chi connectivity index (χ4n) is 2.51. The Hall–Kier alpha value is -3.13. The minimum Gasteiger partial charge on any atom is -0.497 e. The first-order valence-electron chi connectivity index (χ1n) is 8.29. The van der Waals surface area contributed by atoms with Crippen LogP contribution in [0.25, 0.3) is 0 Å². The number of aromatic nitrogens is 2. The Morgan fingerprint density at radius 3 is 2.52 bits per heavy atom. The first-order valence-corrected chi connectivity index (χ1v) is 9.10. The van der Waals surface area contributed by atoms with Gasteiger partial charge >= 0.3 is 6.03 Å². The third-order valence-electron chi connectivity index (χ3n) is 3.99. The van der Waals surface area contributed by atoms with Crippen LogP contribution in [-0.4, -0.2) is 30.4 Å². The van der Waals surface area contributed by atoms with Crippen LogP contribution < -0.4 is 20.1 Å². The quantitative estimate of drug-likeness (QED) is 0.660. The summed E-state index contributed by atoms with van der Waals surface area (Å²) in [6, 6.07) is 14.8. The average Bonchev–Trinajstić information content (AvgIpc) is 3.16. The van der Waals surface area contributed by atoms with Crippen LogP contribution >= 0.6 is 11.3 Å². The van der Waals surface area contributed by atoms with Crippen molar-refractivity contribution in [1.82, 2.24) is 10.2 Å². The van der Waals surface area contributed by atoms with Gasteiger partial charge in [0, 0.05) is 12.0 Å². The summed E-state index contributed by atoms with van der Waals surface area (Å²) in [6.07, 6.45) is 0. The van der Waals surface area contributed by atoms with E-state index in [2.05, 4.69) is 27.8 Å². The van der Waals surface area contributed by atoms with Gasteiger partial charge < -0.3 is 14.8 Å². The molecule has 0 saturated carbocycles. The molecule has 0 saturated heterocycles. The number of methoxy groups -OCH3 is 2.